The van der Waals surface area contributed by atoms with Crippen molar-refractivity contribution in [3.63, 3.8) is 0 Å². The lowest BCUT2D eigenvalue weighted by Crippen LogP contribution is -2.26. The van der Waals surface area contributed by atoms with Gasteiger partial charge in [-0.3, -0.25) is 4.79 Å². The summed E-state index contributed by atoms with van der Waals surface area (Å²) >= 11 is 0. The molecule has 0 bridgehead atoms. The molecular formula is C23H24O6. The fourth-order valence-corrected chi connectivity index (χ4v) is 2.74. The molecule has 0 saturated carbocycles. The Bertz CT molecular complexity index is 1080. The van der Waals surface area contributed by atoms with E-state index in [1.165, 1.54) is 6.26 Å². The van der Waals surface area contributed by atoms with E-state index in [-0.39, 0.29) is 11.2 Å². The van der Waals surface area contributed by atoms with Gasteiger partial charge in [-0.15, -0.1) is 0 Å². The van der Waals surface area contributed by atoms with Gasteiger partial charge in [-0.05, 0) is 56.5 Å². The highest BCUT2D eigenvalue weighted by atomic mass is 16.6. The van der Waals surface area contributed by atoms with Crippen molar-refractivity contribution >= 4 is 16.9 Å². The molecule has 0 aliphatic carbocycles. The summed E-state index contributed by atoms with van der Waals surface area (Å²) in [5, 5.41) is 0.362. The van der Waals surface area contributed by atoms with Crippen LogP contribution in [0.25, 0.3) is 11.0 Å². The van der Waals surface area contributed by atoms with Crippen LogP contribution in [0.2, 0.25) is 0 Å². The highest BCUT2D eigenvalue weighted by Gasteiger charge is 2.17. The number of esters is 1. The largest absolute Gasteiger partial charge is 0.479 e. The lowest BCUT2D eigenvalue weighted by Gasteiger charge is -2.14. The summed E-state index contributed by atoms with van der Waals surface area (Å²) in [6, 6.07) is 10.6. The van der Waals surface area contributed by atoms with Crippen molar-refractivity contribution in [1.82, 2.24) is 0 Å². The lowest BCUT2D eigenvalue weighted by atomic mass is 10.1. The van der Waals surface area contributed by atoms with Crippen LogP contribution in [-0.2, 0) is 9.53 Å². The third-order valence-corrected chi connectivity index (χ3v) is 4.37. The van der Waals surface area contributed by atoms with Gasteiger partial charge in [0, 0.05) is 6.07 Å². The van der Waals surface area contributed by atoms with Crippen LogP contribution < -0.4 is 14.9 Å². The summed E-state index contributed by atoms with van der Waals surface area (Å²) in [4.78, 5) is 24.6. The highest BCUT2D eigenvalue weighted by Crippen LogP contribution is 2.27. The molecule has 0 aliphatic heterocycles. The number of carbonyl (C=O) groups excluding carboxylic acids is 1. The minimum Gasteiger partial charge on any atom is -0.479 e. The molecule has 1 atom stereocenters. The quantitative estimate of drug-likeness (QED) is 0.528. The number of carbonyl (C=O) groups is 1. The highest BCUT2D eigenvalue weighted by molar-refractivity contribution is 5.79. The van der Waals surface area contributed by atoms with Crippen LogP contribution in [0.5, 0.6) is 17.2 Å². The van der Waals surface area contributed by atoms with E-state index in [1.54, 1.807) is 25.1 Å². The SMILES string of the molecule is CCCOC(=O)C(C)Oc1ccc2c(=O)c(Oc3cc(C)ccc3C)coc2c1. The number of rotatable bonds is 7. The van der Waals surface area contributed by atoms with Gasteiger partial charge in [0.25, 0.3) is 0 Å². The zero-order valence-electron chi connectivity index (χ0n) is 17.0. The second kappa shape index (κ2) is 8.82. The summed E-state index contributed by atoms with van der Waals surface area (Å²) in [6.45, 7) is 7.74. The van der Waals surface area contributed by atoms with Crippen LogP contribution in [0.1, 0.15) is 31.4 Å². The molecule has 0 fully saturated rings. The first-order valence-corrected chi connectivity index (χ1v) is 9.53. The van der Waals surface area contributed by atoms with Crippen LogP contribution in [-0.4, -0.2) is 18.7 Å². The van der Waals surface area contributed by atoms with Crippen LogP contribution >= 0.6 is 0 Å². The molecule has 1 unspecified atom stereocenters. The van der Waals surface area contributed by atoms with Gasteiger partial charge in [0.1, 0.15) is 23.3 Å². The average molecular weight is 396 g/mol. The number of benzene rings is 2. The first-order chi connectivity index (χ1) is 13.9. The monoisotopic (exact) mass is 396 g/mol. The topological polar surface area (TPSA) is 75.0 Å². The predicted octanol–water partition coefficient (Wildman–Crippen LogP) is 4.92. The van der Waals surface area contributed by atoms with Gasteiger partial charge in [-0.25, -0.2) is 4.79 Å². The minimum atomic E-state index is -0.766. The van der Waals surface area contributed by atoms with E-state index in [9.17, 15) is 9.59 Å². The van der Waals surface area contributed by atoms with E-state index in [0.717, 1.165) is 17.5 Å². The number of hydrogen-bond donors (Lipinski definition) is 0. The van der Waals surface area contributed by atoms with Crippen LogP contribution in [0.15, 0.2) is 51.9 Å². The van der Waals surface area contributed by atoms with Crippen molar-refractivity contribution in [2.45, 2.75) is 40.2 Å². The van der Waals surface area contributed by atoms with Crippen LogP contribution in [0, 0.1) is 13.8 Å². The van der Waals surface area contributed by atoms with E-state index in [1.807, 2.05) is 39.0 Å². The molecule has 1 heterocycles. The standard InChI is InChI=1S/C23H24O6/c1-5-10-26-23(25)16(4)28-17-8-9-18-20(12-17)27-13-21(22(18)24)29-19-11-14(2)6-7-15(19)3/h6-9,11-13,16H,5,10H2,1-4H3. The first kappa shape index (κ1) is 20.5. The predicted molar refractivity (Wildman–Crippen MR) is 110 cm³/mol. The molecule has 29 heavy (non-hydrogen) atoms. The van der Waals surface area contributed by atoms with Crippen molar-refractivity contribution in [3.05, 3.63) is 64.0 Å². The number of fused-ring (bicyclic) bond motifs is 1. The van der Waals surface area contributed by atoms with Gasteiger partial charge in [0.15, 0.2) is 6.10 Å². The van der Waals surface area contributed by atoms with Gasteiger partial charge < -0.3 is 18.6 Å². The summed E-state index contributed by atoms with van der Waals surface area (Å²) in [5.74, 6) is 0.683. The Morgan fingerprint density at radius 1 is 1.10 bits per heavy atom. The molecule has 0 amide bonds. The molecule has 6 nitrogen and oxygen atoms in total. The fraction of sp³-hybridized carbons (Fsp3) is 0.304. The van der Waals surface area contributed by atoms with E-state index < -0.39 is 12.1 Å². The van der Waals surface area contributed by atoms with E-state index in [2.05, 4.69) is 0 Å². The summed E-state index contributed by atoms with van der Waals surface area (Å²) < 4.78 is 22.1. The normalized spacial score (nSPS) is 11.9. The Hall–Kier alpha value is -3.28. The Kier molecular flexibility index (Phi) is 6.22. The molecule has 0 N–H and O–H groups in total. The molecule has 2 aromatic carbocycles. The number of hydrogen-bond acceptors (Lipinski definition) is 6. The maximum atomic E-state index is 12.8. The zero-order valence-corrected chi connectivity index (χ0v) is 17.0. The van der Waals surface area contributed by atoms with E-state index in [4.69, 9.17) is 18.6 Å². The van der Waals surface area contributed by atoms with Crippen molar-refractivity contribution in [2.75, 3.05) is 6.61 Å². The Labute approximate surface area is 169 Å². The molecular weight excluding hydrogens is 372 g/mol. The Morgan fingerprint density at radius 3 is 2.66 bits per heavy atom. The molecule has 152 valence electrons. The van der Waals surface area contributed by atoms with Crippen LogP contribution in [0.4, 0.5) is 0 Å². The zero-order chi connectivity index (χ0) is 21.0. The summed E-state index contributed by atoms with van der Waals surface area (Å²) in [7, 11) is 0. The van der Waals surface area contributed by atoms with Crippen molar-refractivity contribution in [3.8, 4) is 17.2 Å². The molecule has 1 aromatic heterocycles. The second-order valence-corrected chi connectivity index (χ2v) is 6.89. The van der Waals surface area contributed by atoms with Gasteiger partial charge in [-0.1, -0.05) is 19.1 Å². The maximum absolute atomic E-state index is 12.8. The Morgan fingerprint density at radius 2 is 1.90 bits per heavy atom. The average Bonchev–Trinajstić information content (AvgIpc) is 2.70. The third-order valence-electron chi connectivity index (χ3n) is 4.37. The fourth-order valence-electron chi connectivity index (χ4n) is 2.74. The molecule has 0 saturated heterocycles. The second-order valence-electron chi connectivity index (χ2n) is 6.89. The van der Waals surface area contributed by atoms with E-state index >= 15 is 0 Å². The molecule has 3 rings (SSSR count). The van der Waals surface area contributed by atoms with E-state index in [0.29, 0.717) is 29.1 Å². The van der Waals surface area contributed by atoms with Gasteiger partial charge >= 0.3 is 5.97 Å². The van der Waals surface area contributed by atoms with Crippen molar-refractivity contribution < 1.29 is 23.4 Å². The van der Waals surface area contributed by atoms with Crippen LogP contribution in [0.3, 0.4) is 0 Å². The molecule has 3 aromatic rings. The lowest BCUT2D eigenvalue weighted by molar-refractivity contribution is -0.151. The Balaban J connectivity index is 1.83. The van der Waals surface area contributed by atoms with Crippen molar-refractivity contribution in [1.29, 1.82) is 0 Å². The van der Waals surface area contributed by atoms with Crippen molar-refractivity contribution in [2.24, 2.45) is 0 Å². The molecule has 0 radical (unpaired) electrons. The molecule has 0 aliphatic rings. The van der Waals surface area contributed by atoms with Gasteiger partial charge in [0.2, 0.25) is 11.2 Å². The minimum absolute atomic E-state index is 0.108. The first-order valence-electron chi connectivity index (χ1n) is 9.53. The molecule has 0 spiro atoms. The van der Waals surface area contributed by atoms with Gasteiger partial charge in [-0.2, -0.15) is 0 Å². The number of ether oxygens (including phenoxy) is 3. The number of aryl methyl sites for hydroxylation is 2. The van der Waals surface area contributed by atoms with Gasteiger partial charge in [0.05, 0.1) is 12.0 Å². The molecule has 6 heteroatoms. The third kappa shape index (κ3) is 4.77. The summed E-state index contributed by atoms with van der Waals surface area (Å²) in [6.07, 6.45) is 1.26. The summed E-state index contributed by atoms with van der Waals surface area (Å²) in [5.41, 5.74) is 2.01. The smallest absolute Gasteiger partial charge is 0.347 e. The maximum Gasteiger partial charge on any atom is 0.347 e.